The van der Waals surface area contributed by atoms with Crippen LogP contribution in [0.5, 0.6) is 0 Å². The maximum absolute atomic E-state index is 5.66. The first-order chi connectivity index (χ1) is 7.47. The summed E-state index contributed by atoms with van der Waals surface area (Å²) in [5, 5.41) is 0. The summed E-state index contributed by atoms with van der Waals surface area (Å²) in [7, 11) is 0. The van der Waals surface area contributed by atoms with Crippen LogP contribution in [0.15, 0.2) is 29.3 Å². The molecule has 1 aromatic rings. The highest BCUT2D eigenvalue weighted by Gasteiger charge is 2.28. The molecule has 0 amide bonds. The summed E-state index contributed by atoms with van der Waals surface area (Å²) >= 11 is 0. The van der Waals surface area contributed by atoms with Crippen LogP contribution in [-0.4, -0.2) is 12.5 Å². The monoisotopic (exact) mass is 217 g/mol. The molecule has 0 aliphatic carbocycles. The average molecular weight is 217 g/mol. The van der Waals surface area contributed by atoms with E-state index in [1.165, 1.54) is 11.1 Å². The summed E-state index contributed by atoms with van der Waals surface area (Å²) in [6, 6.07) is 8.70. The minimum absolute atomic E-state index is 0.0133. The lowest BCUT2D eigenvalue weighted by Crippen LogP contribution is -2.20. The highest BCUT2D eigenvalue weighted by atomic mass is 16.5. The molecule has 1 atom stereocenters. The van der Waals surface area contributed by atoms with Gasteiger partial charge in [-0.3, -0.25) is 0 Å². The van der Waals surface area contributed by atoms with Gasteiger partial charge in [0.25, 0.3) is 0 Å². The maximum atomic E-state index is 5.66. The average Bonchev–Trinajstić information content (AvgIpc) is 2.67. The predicted molar refractivity (Wildman–Crippen MR) is 66.8 cm³/mol. The van der Waals surface area contributed by atoms with Gasteiger partial charge in [-0.2, -0.15) is 0 Å². The number of nitrogens with zero attached hydrogens (tertiary/aromatic N) is 1. The maximum Gasteiger partial charge on any atom is 0.189 e. The number of aryl methyl sites for hydroxylation is 1. The SMILES string of the molecule is Cc1ccc([C@H]2COC(C(C)(C)C)=N2)cc1. The van der Waals surface area contributed by atoms with Crippen molar-refractivity contribution in [1.82, 2.24) is 0 Å². The molecule has 1 aliphatic heterocycles. The fourth-order valence-corrected chi connectivity index (χ4v) is 1.74. The van der Waals surface area contributed by atoms with Crippen LogP contribution in [0.3, 0.4) is 0 Å². The first-order valence-corrected chi connectivity index (χ1v) is 5.74. The highest BCUT2D eigenvalue weighted by molar-refractivity contribution is 5.83. The van der Waals surface area contributed by atoms with Gasteiger partial charge in [0.05, 0.1) is 0 Å². The van der Waals surface area contributed by atoms with Crippen molar-refractivity contribution in [3.05, 3.63) is 35.4 Å². The summed E-state index contributed by atoms with van der Waals surface area (Å²) in [6.07, 6.45) is 0. The molecule has 0 unspecified atom stereocenters. The zero-order valence-electron chi connectivity index (χ0n) is 10.4. The first-order valence-electron chi connectivity index (χ1n) is 5.74. The van der Waals surface area contributed by atoms with Gasteiger partial charge in [-0.05, 0) is 12.5 Å². The van der Waals surface area contributed by atoms with E-state index < -0.39 is 0 Å². The smallest absolute Gasteiger partial charge is 0.189 e. The molecular formula is C14H19NO. The molecule has 16 heavy (non-hydrogen) atoms. The van der Waals surface area contributed by atoms with Gasteiger partial charge in [-0.25, -0.2) is 4.99 Å². The van der Waals surface area contributed by atoms with Crippen molar-refractivity contribution < 1.29 is 4.74 Å². The number of hydrogen-bond acceptors (Lipinski definition) is 2. The second-order valence-corrected chi connectivity index (χ2v) is 5.42. The molecule has 1 aliphatic rings. The molecule has 2 heteroatoms. The van der Waals surface area contributed by atoms with Crippen molar-refractivity contribution in [3.63, 3.8) is 0 Å². The standard InChI is InChI=1S/C14H19NO/c1-10-5-7-11(8-6-10)12-9-16-13(15-12)14(2,3)4/h5-8,12H,9H2,1-4H3/t12-/m1/s1. The van der Waals surface area contributed by atoms with E-state index in [4.69, 9.17) is 4.74 Å². The molecule has 0 spiro atoms. The minimum Gasteiger partial charge on any atom is -0.478 e. The van der Waals surface area contributed by atoms with Gasteiger partial charge in [0.2, 0.25) is 0 Å². The van der Waals surface area contributed by atoms with Crippen LogP contribution in [0.4, 0.5) is 0 Å². The normalized spacial score (nSPS) is 20.5. The second kappa shape index (κ2) is 3.93. The molecule has 2 rings (SSSR count). The van der Waals surface area contributed by atoms with E-state index >= 15 is 0 Å². The van der Waals surface area contributed by atoms with Crippen LogP contribution >= 0.6 is 0 Å². The minimum atomic E-state index is 0.0133. The molecule has 0 radical (unpaired) electrons. The van der Waals surface area contributed by atoms with Gasteiger partial charge in [0.15, 0.2) is 5.90 Å². The molecule has 1 aromatic carbocycles. The van der Waals surface area contributed by atoms with Gasteiger partial charge in [0, 0.05) is 5.41 Å². The molecule has 0 saturated heterocycles. The molecule has 86 valence electrons. The summed E-state index contributed by atoms with van der Waals surface area (Å²) in [5.41, 5.74) is 2.53. The number of rotatable bonds is 1. The Hall–Kier alpha value is -1.31. The molecule has 0 bridgehead atoms. The van der Waals surface area contributed by atoms with Gasteiger partial charge >= 0.3 is 0 Å². The zero-order chi connectivity index (χ0) is 11.8. The van der Waals surface area contributed by atoms with Crippen LogP contribution in [-0.2, 0) is 4.74 Å². The molecule has 0 aromatic heterocycles. The summed E-state index contributed by atoms with van der Waals surface area (Å²) in [6.45, 7) is 9.16. The van der Waals surface area contributed by atoms with Crippen LogP contribution in [0.1, 0.15) is 37.9 Å². The summed E-state index contributed by atoms with van der Waals surface area (Å²) in [5.74, 6) is 0.873. The number of aliphatic imine (C=N–C) groups is 1. The summed E-state index contributed by atoms with van der Waals surface area (Å²) < 4.78 is 5.66. The van der Waals surface area contributed by atoms with Crippen molar-refractivity contribution in [3.8, 4) is 0 Å². The quantitative estimate of drug-likeness (QED) is 0.705. The Bertz CT molecular complexity index is 398. The lowest BCUT2D eigenvalue weighted by atomic mass is 9.97. The third-order valence-corrected chi connectivity index (χ3v) is 2.75. The Morgan fingerprint density at radius 2 is 1.81 bits per heavy atom. The molecule has 0 fully saturated rings. The van der Waals surface area contributed by atoms with Crippen molar-refractivity contribution in [2.24, 2.45) is 10.4 Å². The van der Waals surface area contributed by atoms with Crippen molar-refractivity contribution in [1.29, 1.82) is 0 Å². The number of hydrogen-bond donors (Lipinski definition) is 0. The van der Waals surface area contributed by atoms with E-state index in [1.807, 2.05) is 0 Å². The van der Waals surface area contributed by atoms with Crippen molar-refractivity contribution in [2.75, 3.05) is 6.61 Å². The van der Waals surface area contributed by atoms with Crippen LogP contribution in [0, 0.1) is 12.3 Å². The molecule has 1 heterocycles. The van der Waals surface area contributed by atoms with Crippen molar-refractivity contribution >= 4 is 5.90 Å². The van der Waals surface area contributed by atoms with Gasteiger partial charge in [-0.15, -0.1) is 0 Å². The zero-order valence-corrected chi connectivity index (χ0v) is 10.4. The lowest BCUT2D eigenvalue weighted by Gasteiger charge is -2.16. The molecule has 0 N–H and O–H groups in total. The number of benzene rings is 1. The second-order valence-electron chi connectivity index (χ2n) is 5.42. The fourth-order valence-electron chi connectivity index (χ4n) is 1.74. The summed E-state index contributed by atoms with van der Waals surface area (Å²) in [4.78, 5) is 4.65. The Kier molecular flexibility index (Phi) is 2.75. The van der Waals surface area contributed by atoms with E-state index in [-0.39, 0.29) is 11.5 Å². The van der Waals surface area contributed by atoms with E-state index in [2.05, 4.69) is 57.0 Å². The third-order valence-electron chi connectivity index (χ3n) is 2.75. The Labute approximate surface area is 97.4 Å². The van der Waals surface area contributed by atoms with E-state index in [1.54, 1.807) is 0 Å². The Morgan fingerprint density at radius 3 is 2.31 bits per heavy atom. The Balaban J connectivity index is 2.20. The highest BCUT2D eigenvalue weighted by Crippen LogP contribution is 2.29. The van der Waals surface area contributed by atoms with Crippen LogP contribution in [0.25, 0.3) is 0 Å². The number of ether oxygens (including phenoxy) is 1. The topological polar surface area (TPSA) is 21.6 Å². The third kappa shape index (κ3) is 2.26. The lowest BCUT2D eigenvalue weighted by molar-refractivity contribution is 0.283. The van der Waals surface area contributed by atoms with Crippen LogP contribution in [0.2, 0.25) is 0 Å². The molecule has 2 nitrogen and oxygen atoms in total. The molecular weight excluding hydrogens is 198 g/mol. The van der Waals surface area contributed by atoms with E-state index in [9.17, 15) is 0 Å². The Morgan fingerprint density at radius 1 is 1.19 bits per heavy atom. The van der Waals surface area contributed by atoms with Crippen molar-refractivity contribution in [2.45, 2.75) is 33.7 Å². The largest absolute Gasteiger partial charge is 0.478 e. The van der Waals surface area contributed by atoms with Gasteiger partial charge in [-0.1, -0.05) is 50.6 Å². The molecule has 0 saturated carbocycles. The van der Waals surface area contributed by atoms with Gasteiger partial charge < -0.3 is 4.74 Å². The van der Waals surface area contributed by atoms with E-state index in [0.29, 0.717) is 6.61 Å². The predicted octanol–water partition coefficient (Wildman–Crippen LogP) is 3.51. The van der Waals surface area contributed by atoms with Crippen LogP contribution < -0.4 is 0 Å². The van der Waals surface area contributed by atoms with E-state index in [0.717, 1.165) is 5.90 Å². The first kappa shape index (κ1) is 11.2. The van der Waals surface area contributed by atoms with Gasteiger partial charge in [0.1, 0.15) is 12.6 Å². The fraction of sp³-hybridized carbons (Fsp3) is 0.500.